The zero-order chi connectivity index (χ0) is 15.0. The van der Waals surface area contributed by atoms with Crippen molar-refractivity contribution in [3.8, 4) is 0 Å². The van der Waals surface area contributed by atoms with Gasteiger partial charge in [-0.3, -0.25) is 19.3 Å². The zero-order valence-corrected chi connectivity index (χ0v) is 12.2. The quantitative estimate of drug-likeness (QED) is 0.529. The molecule has 0 aromatic rings. The lowest BCUT2D eigenvalue weighted by molar-refractivity contribution is -0.126. The molecule has 7 nitrogen and oxygen atoms in total. The van der Waals surface area contributed by atoms with E-state index in [0.717, 1.165) is 25.9 Å². The Hall–Kier alpha value is -1.63. The fraction of sp³-hybridized carbons (Fsp3) is 0.769. The second-order valence-corrected chi connectivity index (χ2v) is 5.00. The summed E-state index contributed by atoms with van der Waals surface area (Å²) in [5.74, 6) is 0.00718. The van der Waals surface area contributed by atoms with Crippen LogP contribution < -0.4 is 16.0 Å². The van der Waals surface area contributed by atoms with E-state index in [1.807, 2.05) is 4.90 Å². The first kappa shape index (κ1) is 16.4. The van der Waals surface area contributed by atoms with E-state index in [9.17, 15) is 14.4 Å². The molecular weight excluding hydrogens is 260 g/mol. The summed E-state index contributed by atoms with van der Waals surface area (Å²) in [5, 5.41) is 8.04. The monoisotopic (exact) mass is 284 g/mol. The van der Waals surface area contributed by atoms with Crippen molar-refractivity contribution in [2.75, 3.05) is 39.8 Å². The standard InChI is InChI=1S/C13H24N4O3/c1-10(18)15-5-6-16-12(19)9-17-7-3-11(4-8-17)13(20)14-2/h11H,3-9H2,1-2H3,(H,14,20)(H,15,18)(H,16,19). The minimum absolute atomic E-state index is 0.0475. The molecule has 0 aromatic heterocycles. The van der Waals surface area contributed by atoms with Crippen molar-refractivity contribution < 1.29 is 14.4 Å². The van der Waals surface area contributed by atoms with Gasteiger partial charge in [-0.25, -0.2) is 0 Å². The lowest BCUT2D eigenvalue weighted by Crippen LogP contribution is -2.45. The van der Waals surface area contributed by atoms with E-state index in [1.54, 1.807) is 7.05 Å². The normalized spacial score (nSPS) is 16.5. The van der Waals surface area contributed by atoms with E-state index >= 15 is 0 Å². The highest BCUT2D eigenvalue weighted by molar-refractivity contribution is 5.79. The van der Waals surface area contributed by atoms with Crippen LogP contribution in [0.3, 0.4) is 0 Å². The van der Waals surface area contributed by atoms with Crippen LogP contribution in [-0.2, 0) is 14.4 Å². The fourth-order valence-corrected chi connectivity index (χ4v) is 2.26. The van der Waals surface area contributed by atoms with Crippen LogP contribution in [0.25, 0.3) is 0 Å². The minimum Gasteiger partial charge on any atom is -0.359 e. The molecule has 0 bridgehead atoms. The van der Waals surface area contributed by atoms with Crippen molar-refractivity contribution in [2.24, 2.45) is 5.92 Å². The van der Waals surface area contributed by atoms with Crippen molar-refractivity contribution in [2.45, 2.75) is 19.8 Å². The van der Waals surface area contributed by atoms with E-state index in [1.165, 1.54) is 6.92 Å². The number of likely N-dealkylation sites (tertiary alicyclic amines) is 1. The molecule has 3 amide bonds. The van der Waals surface area contributed by atoms with Gasteiger partial charge in [0.25, 0.3) is 0 Å². The Morgan fingerprint density at radius 1 is 1.10 bits per heavy atom. The van der Waals surface area contributed by atoms with E-state index in [2.05, 4.69) is 16.0 Å². The first-order valence-corrected chi connectivity index (χ1v) is 6.98. The number of piperidine rings is 1. The number of nitrogens with one attached hydrogen (secondary N) is 3. The third-order valence-electron chi connectivity index (χ3n) is 3.39. The smallest absolute Gasteiger partial charge is 0.234 e. The van der Waals surface area contributed by atoms with E-state index in [0.29, 0.717) is 19.6 Å². The number of amides is 3. The molecule has 0 unspecified atom stereocenters. The van der Waals surface area contributed by atoms with Gasteiger partial charge in [0.2, 0.25) is 17.7 Å². The molecule has 3 N–H and O–H groups in total. The molecule has 1 fully saturated rings. The third kappa shape index (κ3) is 6.01. The van der Waals surface area contributed by atoms with Crippen LogP contribution in [-0.4, -0.2) is 62.4 Å². The molecule has 1 heterocycles. The Balaban J connectivity index is 2.15. The van der Waals surface area contributed by atoms with Crippen LogP contribution in [0.1, 0.15) is 19.8 Å². The number of rotatable bonds is 6. The van der Waals surface area contributed by atoms with Gasteiger partial charge in [0, 0.05) is 33.0 Å². The number of carbonyl (C=O) groups excluding carboxylic acids is 3. The Bertz CT molecular complexity index is 352. The highest BCUT2D eigenvalue weighted by atomic mass is 16.2. The Morgan fingerprint density at radius 3 is 2.25 bits per heavy atom. The van der Waals surface area contributed by atoms with Gasteiger partial charge in [-0.05, 0) is 25.9 Å². The molecule has 0 aromatic carbocycles. The summed E-state index contributed by atoms with van der Waals surface area (Å²) in [4.78, 5) is 35.9. The molecular formula is C13H24N4O3. The molecule has 0 aliphatic carbocycles. The summed E-state index contributed by atoms with van der Waals surface area (Å²) < 4.78 is 0. The van der Waals surface area contributed by atoms with Gasteiger partial charge in [0.05, 0.1) is 6.54 Å². The number of nitrogens with zero attached hydrogens (tertiary/aromatic N) is 1. The first-order chi connectivity index (χ1) is 9.52. The predicted octanol–water partition coefficient (Wildman–Crippen LogP) is -1.30. The highest BCUT2D eigenvalue weighted by Gasteiger charge is 2.24. The second-order valence-electron chi connectivity index (χ2n) is 5.00. The molecule has 114 valence electrons. The molecule has 0 radical (unpaired) electrons. The Kier molecular flexibility index (Phi) is 7.00. The van der Waals surface area contributed by atoms with Crippen molar-refractivity contribution >= 4 is 17.7 Å². The van der Waals surface area contributed by atoms with Crippen molar-refractivity contribution in [1.82, 2.24) is 20.9 Å². The second kappa shape index (κ2) is 8.52. The van der Waals surface area contributed by atoms with E-state index < -0.39 is 0 Å². The number of hydrogen-bond acceptors (Lipinski definition) is 4. The molecule has 0 spiro atoms. The van der Waals surface area contributed by atoms with Crippen molar-refractivity contribution in [3.05, 3.63) is 0 Å². The van der Waals surface area contributed by atoms with Gasteiger partial charge in [-0.15, -0.1) is 0 Å². The van der Waals surface area contributed by atoms with Gasteiger partial charge < -0.3 is 16.0 Å². The fourth-order valence-electron chi connectivity index (χ4n) is 2.26. The molecule has 1 saturated heterocycles. The topological polar surface area (TPSA) is 90.5 Å². The summed E-state index contributed by atoms with van der Waals surface area (Å²) in [5.41, 5.74) is 0. The van der Waals surface area contributed by atoms with Gasteiger partial charge in [0.15, 0.2) is 0 Å². The molecule has 1 rings (SSSR count). The lowest BCUT2D eigenvalue weighted by Gasteiger charge is -2.30. The van der Waals surface area contributed by atoms with Crippen LogP contribution in [0.2, 0.25) is 0 Å². The molecule has 0 atom stereocenters. The summed E-state index contributed by atoms with van der Waals surface area (Å²) in [7, 11) is 1.65. The Labute approximate surface area is 119 Å². The largest absolute Gasteiger partial charge is 0.359 e. The maximum atomic E-state index is 11.7. The van der Waals surface area contributed by atoms with Crippen molar-refractivity contribution in [3.63, 3.8) is 0 Å². The van der Waals surface area contributed by atoms with Crippen LogP contribution in [0.5, 0.6) is 0 Å². The first-order valence-electron chi connectivity index (χ1n) is 6.98. The minimum atomic E-state index is -0.101. The van der Waals surface area contributed by atoms with Crippen LogP contribution in [0.4, 0.5) is 0 Å². The van der Waals surface area contributed by atoms with Gasteiger partial charge in [-0.2, -0.15) is 0 Å². The molecule has 7 heteroatoms. The number of carbonyl (C=O) groups is 3. The molecule has 0 saturated carbocycles. The summed E-state index contributed by atoms with van der Waals surface area (Å²) in [6.45, 7) is 4.19. The molecule has 1 aliphatic heterocycles. The van der Waals surface area contributed by atoms with Gasteiger partial charge in [-0.1, -0.05) is 0 Å². The van der Waals surface area contributed by atoms with Crippen molar-refractivity contribution in [1.29, 1.82) is 0 Å². The Morgan fingerprint density at radius 2 is 1.70 bits per heavy atom. The SMILES string of the molecule is CNC(=O)C1CCN(CC(=O)NCCNC(C)=O)CC1. The molecule has 1 aliphatic rings. The van der Waals surface area contributed by atoms with Crippen LogP contribution in [0.15, 0.2) is 0 Å². The maximum Gasteiger partial charge on any atom is 0.234 e. The summed E-state index contributed by atoms with van der Waals surface area (Å²) in [6, 6.07) is 0. The highest BCUT2D eigenvalue weighted by Crippen LogP contribution is 2.16. The number of hydrogen-bond donors (Lipinski definition) is 3. The maximum absolute atomic E-state index is 11.7. The average Bonchev–Trinajstić information content (AvgIpc) is 2.43. The predicted molar refractivity (Wildman–Crippen MR) is 74.9 cm³/mol. The van der Waals surface area contributed by atoms with Crippen LogP contribution in [0, 0.1) is 5.92 Å². The summed E-state index contributed by atoms with van der Waals surface area (Å²) >= 11 is 0. The van der Waals surface area contributed by atoms with E-state index in [4.69, 9.17) is 0 Å². The lowest BCUT2D eigenvalue weighted by atomic mass is 9.96. The van der Waals surface area contributed by atoms with Crippen LogP contribution >= 0.6 is 0 Å². The summed E-state index contributed by atoms with van der Waals surface area (Å²) in [6.07, 6.45) is 1.58. The van der Waals surface area contributed by atoms with Gasteiger partial charge in [0.1, 0.15) is 0 Å². The zero-order valence-electron chi connectivity index (χ0n) is 12.2. The average molecular weight is 284 g/mol. The molecule has 20 heavy (non-hydrogen) atoms. The van der Waals surface area contributed by atoms with Gasteiger partial charge >= 0.3 is 0 Å². The van der Waals surface area contributed by atoms with E-state index in [-0.39, 0.29) is 23.6 Å². The third-order valence-corrected chi connectivity index (χ3v) is 3.39.